The number of amides is 1. The summed E-state index contributed by atoms with van der Waals surface area (Å²) in [6.07, 6.45) is 3.83. The van der Waals surface area contributed by atoms with Crippen molar-refractivity contribution in [1.29, 1.82) is 0 Å². The number of nitrogens with one attached hydrogen (secondary N) is 1. The molecular formula is C25H29N3O. The highest BCUT2D eigenvalue weighted by Crippen LogP contribution is 2.31. The molecule has 29 heavy (non-hydrogen) atoms. The van der Waals surface area contributed by atoms with Crippen molar-refractivity contribution in [3.05, 3.63) is 59.2 Å². The lowest BCUT2D eigenvalue weighted by atomic mass is 9.99. The van der Waals surface area contributed by atoms with Crippen molar-refractivity contribution in [1.82, 2.24) is 10.3 Å². The highest BCUT2D eigenvalue weighted by molar-refractivity contribution is 5.86. The van der Waals surface area contributed by atoms with E-state index in [1.54, 1.807) is 7.05 Å². The number of carbonyl (C=O) groups excluding carboxylic acids is 1. The van der Waals surface area contributed by atoms with Crippen LogP contribution in [-0.4, -0.2) is 31.0 Å². The van der Waals surface area contributed by atoms with Gasteiger partial charge in [0, 0.05) is 43.2 Å². The van der Waals surface area contributed by atoms with Gasteiger partial charge >= 0.3 is 0 Å². The Kier molecular flexibility index (Phi) is 5.52. The highest BCUT2D eigenvalue weighted by atomic mass is 16.1. The van der Waals surface area contributed by atoms with E-state index in [0.717, 1.165) is 36.1 Å². The van der Waals surface area contributed by atoms with E-state index in [2.05, 4.69) is 66.5 Å². The summed E-state index contributed by atoms with van der Waals surface area (Å²) in [6.45, 7) is 6.64. The smallest absolute Gasteiger partial charge is 0.220 e. The first-order valence-corrected chi connectivity index (χ1v) is 10.5. The minimum absolute atomic E-state index is 0.0724. The second-order valence-corrected chi connectivity index (χ2v) is 8.04. The van der Waals surface area contributed by atoms with Crippen molar-refractivity contribution in [3.8, 4) is 11.3 Å². The van der Waals surface area contributed by atoms with Crippen molar-refractivity contribution in [2.75, 3.05) is 25.0 Å². The van der Waals surface area contributed by atoms with E-state index in [1.165, 1.54) is 40.8 Å². The summed E-state index contributed by atoms with van der Waals surface area (Å²) in [6, 6.07) is 15.3. The lowest BCUT2D eigenvalue weighted by Crippen LogP contribution is -2.17. The first kappa shape index (κ1) is 19.4. The molecule has 1 N–H and O–H groups in total. The minimum atomic E-state index is 0.0724. The largest absolute Gasteiger partial charge is 0.372 e. The summed E-state index contributed by atoms with van der Waals surface area (Å²) in [5, 5.41) is 3.84. The Bertz CT molecular complexity index is 1050. The Labute approximate surface area is 173 Å². The van der Waals surface area contributed by atoms with Gasteiger partial charge in [0.05, 0.1) is 11.2 Å². The van der Waals surface area contributed by atoms with E-state index in [4.69, 9.17) is 4.98 Å². The molecule has 0 saturated carbocycles. The number of nitrogens with zero attached hydrogens (tertiary/aromatic N) is 2. The van der Waals surface area contributed by atoms with Crippen molar-refractivity contribution < 1.29 is 4.79 Å². The molecule has 2 heterocycles. The monoisotopic (exact) mass is 387 g/mol. The van der Waals surface area contributed by atoms with Crippen LogP contribution in [0.2, 0.25) is 0 Å². The number of carbonyl (C=O) groups is 1. The van der Waals surface area contributed by atoms with Crippen LogP contribution in [0.3, 0.4) is 0 Å². The number of rotatable bonds is 5. The third-order valence-electron chi connectivity index (χ3n) is 5.96. The molecule has 1 aliphatic rings. The molecule has 1 fully saturated rings. The second-order valence-electron chi connectivity index (χ2n) is 8.04. The molecular weight excluding hydrogens is 358 g/mol. The van der Waals surface area contributed by atoms with Gasteiger partial charge in [-0.05, 0) is 80.1 Å². The molecule has 1 aromatic heterocycles. The van der Waals surface area contributed by atoms with Gasteiger partial charge in [-0.25, -0.2) is 4.98 Å². The molecule has 0 atom stereocenters. The van der Waals surface area contributed by atoms with Gasteiger partial charge in [0.25, 0.3) is 0 Å². The van der Waals surface area contributed by atoms with Gasteiger partial charge in [0.2, 0.25) is 5.91 Å². The van der Waals surface area contributed by atoms with Crippen LogP contribution >= 0.6 is 0 Å². The lowest BCUT2D eigenvalue weighted by Gasteiger charge is -2.19. The molecule has 0 radical (unpaired) electrons. The van der Waals surface area contributed by atoms with E-state index in [1.807, 2.05) is 0 Å². The molecule has 1 amide bonds. The van der Waals surface area contributed by atoms with Crippen LogP contribution in [0.5, 0.6) is 0 Å². The van der Waals surface area contributed by atoms with Gasteiger partial charge in [-0.1, -0.05) is 12.1 Å². The number of benzene rings is 2. The van der Waals surface area contributed by atoms with E-state index in [9.17, 15) is 4.79 Å². The van der Waals surface area contributed by atoms with Crippen LogP contribution in [-0.2, 0) is 11.2 Å². The van der Waals surface area contributed by atoms with Crippen LogP contribution < -0.4 is 10.2 Å². The fourth-order valence-corrected chi connectivity index (χ4v) is 4.23. The number of pyridine rings is 1. The Morgan fingerprint density at radius 3 is 2.55 bits per heavy atom. The summed E-state index contributed by atoms with van der Waals surface area (Å²) in [7, 11) is 1.68. The van der Waals surface area contributed by atoms with Gasteiger partial charge in [-0.2, -0.15) is 0 Å². The molecule has 0 spiro atoms. The average Bonchev–Trinajstić information content (AvgIpc) is 3.27. The Hall–Kier alpha value is -2.88. The van der Waals surface area contributed by atoms with Crippen LogP contribution in [0.15, 0.2) is 42.5 Å². The summed E-state index contributed by atoms with van der Waals surface area (Å²) in [5.74, 6) is 0.0724. The van der Waals surface area contributed by atoms with Gasteiger partial charge in [0.1, 0.15) is 0 Å². The summed E-state index contributed by atoms with van der Waals surface area (Å²) in [4.78, 5) is 19.0. The van der Waals surface area contributed by atoms with E-state index < -0.39 is 0 Å². The van der Waals surface area contributed by atoms with E-state index in [0.29, 0.717) is 6.42 Å². The number of anilines is 1. The topological polar surface area (TPSA) is 45.2 Å². The summed E-state index contributed by atoms with van der Waals surface area (Å²) in [5.41, 5.74) is 8.21. The van der Waals surface area contributed by atoms with E-state index in [-0.39, 0.29) is 5.91 Å². The van der Waals surface area contributed by atoms with Crippen molar-refractivity contribution in [3.63, 3.8) is 0 Å². The number of aromatic nitrogens is 1. The Morgan fingerprint density at radius 2 is 1.83 bits per heavy atom. The quantitative estimate of drug-likeness (QED) is 0.684. The summed E-state index contributed by atoms with van der Waals surface area (Å²) < 4.78 is 0. The zero-order chi connectivity index (χ0) is 20.4. The molecule has 0 aliphatic carbocycles. The maximum absolute atomic E-state index is 11.5. The fraction of sp³-hybridized carbons (Fsp3) is 0.360. The average molecular weight is 388 g/mol. The van der Waals surface area contributed by atoms with E-state index >= 15 is 0 Å². The Balaban J connectivity index is 1.64. The molecule has 4 nitrogen and oxygen atoms in total. The van der Waals surface area contributed by atoms with Crippen LogP contribution in [0.25, 0.3) is 22.2 Å². The Morgan fingerprint density at radius 1 is 1.03 bits per heavy atom. The SMILES string of the molecule is CNC(=O)CCc1ccc2nc(-c3ccc(N4CCCC4)cc3C)cc(C)c2c1. The molecule has 0 bridgehead atoms. The highest BCUT2D eigenvalue weighted by Gasteiger charge is 2.14. The number of fused-ring (bicyclic) bond motifs is 1. The van der Waals surface area contributed by atoms with Gasteiger partial charge in [0.15, 0.2) is 0 Å². The second kappa shape index (κ2) is 8.24. The molecule has 2 aromatic carbocycles. The van der Waals surface area contributed by atoms with Crippen molar-refractivity contribution in [2.45, 2.75) is 39.5 Å². The third-order valence-corrected chi connectivity index (χ3v) is 5.96. The molecule has 4 rings (SSSR count). The molecule has 4 heteroatoms. The predicted molar refractivity (Wildman–Crippen MR) is 120 cm³/mol. The maximum Gasteiger partial charge on any atom is 0.220 e. The third kappa shape index (κ3) is 4.12. The first-order chi connectivity index (χ1) is 14.0. The predicted octanol–water partition coefficient (Wildman–Crippen LogP) is 4.80. The van der Waals surface area contributed by atoms with Crippen LogP contribution in [0.4, 0.5) is 5.69 Å². The number of hydrogen-bond donors (Lipinski definition) is 1. The zero-order valence-corrected chi connectivity index (χ0v) is 17.6. The molecule has 1 aliphatic heterocycles. The fourth-order valence-electron chi connectivity index (χ4n) is 4.23. The van der Waals surface area contributed by atoms with Crippen LogP contribution in [0.1, 0.15) is 36.0 Å². The molecule has 1 saturated heterocycles. The van der Waals surface area contributed by atoms with Gasteiger partial charge in [-0.3, -0.25) is 4.79 Å². The maximum atomic E-state index is 11.5. The molecule has 0 unspecified atom stereocenters. The standard InChI is InChI=1S/C25H29N3O/c1-17-14-20(28-12-4-5-13-28)8-9-21(17)24-15-18(2)22-16-19(6-10-23(22)27-24)7-11-25(29)26-3/h6,8-10,14-16H,4-5,7,11-13H2,1-3H3,(H,26,29). The van der Waals surface area contributed by atoms with Gasteiger partial charge < -0.3 is 10.2 Å². The van der Waals surface area contributed by atoms with Gasteiger partial charge in [-0.15, -0.1) is 0 Å². The molecule has 150 valence electrons. The minimum Gasteiger partial charge on any atom is -0.372 e. The zero-order valence-electron chi connectivity index (χ0n) is 17.6. The lowest BCUT2D eigenvalue weighted by molar-refractivity contribution is -0.120. The first-order valence-electron chi connectivity index (χ1n) is 10.5. The van der Waals surface area contributed by atoms with Crippen molar-refractivity contribution >= 4 is 22.5 Å². The number of hydrogen-bond acceptors (Lipinski definition) is 3. The summed E-state index contributed by atoms with van der Waals surface area (Å²) >= 11 is 0. The molecule has 3 aromatic rings. The number of aryl methyl sites for hydroxylation is 3. The normalized spacial score (nSPS) is 13.8. The van der Waals surface area contributed by atoms with Crippen molar-refractivity contribution in [2.24, 2.45) is 0 Å². The van der Waals surface area contributed by atoms with Crippen LogP contribution in [0, 0.1) is 13.8 Å².